The first-order chi connectivity index (χ1) is 5.66. The molecule has 5 heteroatoms. The van der Waals surface area contributed by atoms with Gasteiger partial charge in [-0.25, -0.2) is 0 Å². The molecule has 0 bridgehead atoms. The third kappa shape index (κ3) is 2.19. The Bertz CT molecular complexity index is 225. The molecule has 0 aromatic rings. The zero-order valence-electron chi connectivity index (χ0n) is 6.86. The van der Waals surface area contributed by atoms with Gasteiger partial charge in [-0.1, -0.05) is 0 Å². The Morgan fingerprint density at radius 2 is 2.25 bits per heavy atom. The monoisotopic (exact) mass is 171 g/mol. The summed E-state index contributed by atoms with van der Waals surface area (Å²) in [7, 11) is 0. The van der Waals surface area contributed by atoms with Crippen LogP contribution >= 0.6 is 0 Å². The Kier molecular flexibility index (Phi) is 2.63. The number of aliphatic hydroxyl groups excluding tert-OH is 1. The molecular weight excluding hydrogens is 160 g/mol. The van der Waals surface area contributed by atoms with E-state index in [4.69, 9.17) is 20.0 Å². The quantitative estimate of drug-likeness (QED) is 0.503. The van der Waals surface area contributed by atoms with Crippen molar-refractivity contribution in [2.24, 2.45) is 0 Å². The van der Waals surface area contributed by atoms with E-state index >= 15 is 0 Å². The van der Waals surface area contributed by atoms with Crippen molar-refractivity contribution in [2.45, 2.75) is 19.1 Å². The summed E-state index contributed by atoms with van der Waals surface area (Å²) < 4.78 is 10.4. The molecule has 5 nitrogen and oxygen atoms in total. The van der Waals surface area contributed by atoms with Crippen LogP contribution in [-0.2, 0) is 9.47 Å². The second-order valence-electron chi connectivity index (χ2n) is 2.74. The predicted molar refractivity (Wildman–Crippen MR) is 40.7 cm³/mol. The first-order valence-corrected chi connectivity index (χ1v) is 3.66. The smallest absolute Gasteiger partial charge is 0.387 e. The topological polar surface area (TPSA) is 66.8 Å². The lowest BCUT2D eigenvalue weighted by atomic mass is 10.2. The summed E-state index contributed by atoms with van der Waals surface area (Å²) in [6.07, 6.45) is 1.15. The third-order valence-corrected chi connectivity index (χ3v) is 1.61. The molecule has 0 amide bonds. The Labute approximate surface area is 70.2 Å². The van der Waals surface area contributed by atoms with Crippen molar-refractivity contribution in [3.05, 3.63) is 16.9 Å². The zero-order valence-corrected chi connectivity index (χ0v) is 6.86. The zero-order chi connectivity index (χ0) is 9.03. The fourth-order valence-corrected chi connectivity index (χ4v) is 1.10. The fourth-order valence-electron chi connectivity index (χ4n) is 1.10. The molecule has 0 unspecified atom stereocenters. The van der Waals surface area contributed by atoms with Gasteiger partial charge in [0.15, 0.2) is 16.5 Å². The lowest BCUT2D eigenvalue weighted by molar-refractivity contribution is -0.144. The summed E-state index contributed by atoms with van der Waals surface area (Å²) in [6, 6.07) is 0. The Balaban J connectivity index is 2.50. The largest absolute Gasteiger partial charge is 0.505 e. The van der Waals surface area contributed by atoms with Gasteiger partial charge in [0, 0.05) is 0 Å². The average molecular weight is 171 g/mol. The summed E-state index contributed by atoms with van der Waals surface area (Å²) in [4.78, 5) is 2.69. The third-order valence-electron chi connectivity index (χ3n) is 1.61. The van der Waals surface area contributed by atoms with Crippen LogP contribution in [0.2, 0.25) is 0 Å². The van der Waals surface area contributed by atoms with Crippen molar-refractivity contribution in [1.29, 1.82) is 5.39 Å². The average Bonchev–Trinajstić information content (AvgIpc) is 2.36. The van der Waals surface area contributed by atoms with E-state index in [2.05, 4.69) is 4.98 Å². The molecule has 1 N–H and O–H groups in total. The number of ether oxygens (including phenoxy) is 2. The van der Waals surface area contributed by atoms with Crippen LogP contribution in [-0.4, -0.2) is 24.1 Å². The molecule has 1 rings (SSSR count). The molecule has 0 aromatic heterocycles. The van der Waals surface area contributed by atoms with E-state index in [0.29, 0.717) is 13.2 Å². The van der Waals surface area contributed by atoms with E-state index in [0.717, 1.165) is 6.20 Å². The highest BCUT2D eigenvalue weighted by atomic mass is 16.7. The summed E-state index contributed by atoms with van der Waals surface area (Å²) in [5.74, 6) is -0.840. The van der Waals surface area contributed by atoms with E-state index in [1.165, 1.54) is 0 Å². The van der Waals surface area contributed by atoms with Crippen LogP contribution in [0.1, 0.15) is 13.3 Å². The van der Waals surface area contributed by atoms with Crippen molar-refractivity contribution in [3.8, 4) is 0 Å². The van der Waals surface area contributed by atoms with Gasteiger partial charge in [-0.15, -0.1) is 0 Å². The van der Waals surface area contributed by atoms with Crippen LogP contribution in [0.3, 0.4) is 0 Å². The maximum Gasteiger partial charge on any atom is 0.387 e. The second-order valence-corrected chi connectivity index (χ2v) is 2.74. The van der Waals surface area contributed by atoms with E-state index < -0.39 is 5.79 Å². The molecule has 0 atom stereocenters. The molecule has 0 saturated carbocycles. The molecule has 0 radical (unpaired) electrons. The summed E-state index contributed by atoms with van der Waals surface area (Å²) in [5, 5.41) is 17.2. The summed E-state index contributed by atoms with van der Waals surface area (Å²) in [6.45, 7) is 2.78. The fraction of sp³-hybridized carbons (Fsp3) is 0.714. The normalized spacial score (nSPS) is 22.2. The van der Waals surface area contributed by atoms with Crippen molar-refractivity contribution in [1.82, 2.24) is 0 Å². The SMILES string of the molecule is CC1(C/C(O)=C/[N+]#N)OCCO1. The summed E-state index contributed by atoms with van der Waals surface area (Å²) >= 11 is 0. The highest BCUT2D eigenvalue weighted by Gasteiger charge is 2.32. The first kappa shape index (κ1) is 8.97. The van der Waals surface area contributed by atoms with Crippen LogP contribution < -0.4 is 0 Å². The van der Waals surface area contributed by atoms with Crippen molar-refractivity contribution >= 4 is 0 Å². The number of hydrogen-bond donors (Lipinski definition) is 1. The molecule has 0 aliphatic carbocycles. The van der Waals surface area contributed by atoms with E-state index in [1.807, 2.05) is 0 Å². The minimum absolute atomic E-state index is 0.0677. The van der Waals surface area contributed by atoms with Crippen molar-refractivity contribution in [3.63, 3.8) is 0 Å². The van der Waals surface area contributed by atoms with Gasteiger partial charge in [0.05, 0.1) is 19.6 Å². The van der Waals surface area contributed by atoms with Crippen molar-refractivity contribution in [2.75, 3.05) is 13.2 Å². The van der Waals surface area contributed by atoms with Crippen molar-refractivity contribution < 1.29 is 14.6 Å². The van der Waals surface area contributed by atoms with Gasteiger partial charge < -0.3 is 14.6 Å². The van der Waals surface area contributed by atoms with Gasteiger partial charge >= 0.3 is 6.20 Å². The molecule has 1 aliphatic heterocycles. The minimum atomic E-state index is -0.773. The first-order valence-electron chi connectivity index (χ1n) is 3.66. The number of hydrogen-bond acceptors (Lipinski definition) is 4. The number of diazo groups is 1. The van der Waals surface area contributed by atoms with Crippen LogP contribution in [0, 0.1) is 5.39 Å². The molecule has 1 heterocycles. The predicted octanol–water partition coefficient (Wildman–Crippen LogP) is 1.39. The highest BCUT2D eigenvalue weighted by molar-refractivity contribution is 4.99. The molecule has 1 fully saturated rings. The van der Waals surface area contributed by atoms with Gasteiger partial charge in [-0.05, 0) is 6.92 Å². The van der Waals surface area contributed by atoms with Crippen LogP contribution in [0.15, 0.2) is 12.0 Å². The lowest BCUT2D eigenvalue weighted by Gasteiger charge is -2.20. The Morgan fingerprint density at radius 3 is 2.75 bits per heavy atom. The van der Waals surface area contributed by atoms with E-state index in [1.54, 1.807) is 6.92 Å². The van der Waals surface area contributed by atoms with E-state index in [-0.39, 0.29) is 12.2 Å². The molecule has 0 spiro atoms. The van der Waals surface area contributed by atoms with Gasteiger partial charge in [-0.3, -0.25) is 0 Å². The molecule has 12 heavy (non-hydrogen) atoms. The maximum atomic E-state index is 9.12. The Hall–Kier alpha value is -1.12. The highest BCUT2D eigenvalue weighted by Crippen LogP contribution is 2.25. The molecule has 66 valence electrons. The van der Waals surface area contributed by atoms with E-state index in [9.17, 15) is 0 Å². The molecule has 0 aromatic carbocycles. The maximum absolute atomic E-state index is 9.12. The molecular formula is C7H11N2O3+. The molecule has 1 aliphatic rings. The van der Waals surface area contributed by atoms with Crippen LogP contribution in [0.5, 0.6) is 0 Å². The Morgan fingerprint density at radius 1 is 1.67 bits per heavy atom. The minimum Gasteiger partial charge on any atom is -0.505 e. The lowest BCUT2D eigenvalue weighted by Crippen LogP contribution is -2.25. The van der Waals surface area contributed by atoms with Gasteiger partial charge in [0.1, 0.15) is 0 Å². The second kappa shape index (κ2) is 3.52. The number of aliphatic hydroxyl groups is 1. The van der Waals surface area contributed by atoms with Crippen LogP contribution in [0.25, 0.3) is 4.98 Å². The summed E-state index contributed by atoms with van der Waals surface area (Å²) in [5.41, 5.74) is 0. The number of nitrogens with zero attached hydrogens (tertiary/aromatic N) is 2. The molecule has 1 saturated heterocycles. The van der Waals surface area contributed by atoms with Gasteiger partial charge in [0.25, 0.3) is 0 Å². The van der Waals surface area contributed by atoms with Gasteiger partial charge in [-0.2, -0.15) is 0 Å². The standard InChI is InChI=1S/C7H10N2O3/c1-7(11-2-3-12-7)4-6(10)5-9-8/h5H,2-4H2,1H3/p+1/b6-5-. The number of rotatable bonds is 2. The van der Waals surface area contributed by atoms with Gasteiger partial charge in [0.2, 0.25) is 5.39 Å². The van der Waals surface area contributed by atoms with Crippen LogP contribution in [0.4, 0.5) is 0 Å².